The maximum Gasteiger partial charge on any atom is 0.262 e. The minimum absolute atomic E-state index is 0.119. The molecule has 32 heavy (non-hydrogen) atoms. The molecule has 1 atom stereocenters. The van der Waals surface area contributed by atoms with Crippen molar-refractivity contribution < 1.29 is 9.53 Å². The van der Waals surface area contributed by atoms with Crippen molar-refractivity contribution in [2.24, 2.45) is 10.7 Å². The number of rotatable bonds is 6. The van der Waals surface area contributed by atoms with Gasteiger partial charge in [0.2, 0.25) is 0 Å². The van der Waals surface area contributed by atoms with Crippen molar-refractivity contribution in [3.8, 4) is 11.4 Å². The van der Waals surface area contributed by atoms with E-state index in [1.165, 1.54) is 6.33 Å². The molecule has 0 aliphatic carbocycles. The van der Waals surface area contributed by atoms with E-state index in [0.717, 1.165) is 23.4 Å². The van der Waals surface area contributed by atoms with Crippen molar-refractivity contribution in [3.63, 3.8) is 0 Å². The zero-order chi connectivity index (χ0) is 22.7. The highest BCUT2D eigenvalue weighted by Crippen LogP contribution is 2.36. The lowest BCUT2D eigenvalue weighted by Gasteiger charge is -2.30. The molecule has 10 heteroatoms. The zero-order valence-corrected chi connectivity index (χ0v) is 19.5. The summed E-state index contributed by atoms with van der Waals surface area (Å²) in [6.45, 7) is 1.94. The molecule has 0 bridgehead atoms. The molecule has 7 nitrogen and oxygen atoms in total. The molecule has 1 aliphatic rings. The third kappa shape index (κ3) is 5.03. The molecule has 0 spiro atoms. The van der Waals surface area contributed by atoms with Gasteiger partial charge in [-0.15, -0.1) is 0 Å². The Hall–Kier alpha value is -2.68. The summed E-state index contributed by atoms with van der Waals surface area (Å²) in [6, 6.07) is 14.8. The summed E-state index contributed by atoms with van der Waals surface area (Å²) in [5.41, 5.74) is 7.95. The van der Waals surface area contributed by atoms with Crippen LogP contribution in [0, 0.1) is 0 Å². The molecule has 4 rings (SSSR count). The largest absolute Gasteiger partial charge is 0.484 e. The van der Waals surface area contributed by atoms with E-state index in [1.54, 1.807) is 40.6 Å². The van der Waals surface area contributed by atoms with Crippen LogP contribution in [-0.2, 0) is 10.3 Å². The molecule has 1 aromatic heterocycles. The van der Waals surface area contributed by atoms with Gasteiger partial charge >= 0.3 is 0 Å². The fraction of sp³-hybridized carbons (Fsp3) is 0.227. The molecular formula is C22H21Cl2N5O2S. The number of carbonyl (C=O) groups excluding carboxylic acids is 1. The molecule has 2 heterocycles. The van der Waals surface area contributed by atoms with Gasteiger partial charge in [0.05, 0.1) is 5.54 Å². The van der Waals surface area contributed by atoms with Crippen molar-refractivity contribution in [2.75, 3.05) is 17.7 Å². The molecule has 0 fully saturated rings. The number of nitrogens with two attached hydrogens (primary N) is 1. The highest BCUT2D eigenvalue weighted by Gasteiger charge is 2.29. The number of nitrogens with zero attached hydrogens (tertiary/aromatic N) is 3. The van der Waals surface area contributed by atoms with E-state index in [0.29, 0.717) is 21.8 Å². The Balaban J connectivity index is 1.36. The predicted octanol–water partition coefficient (Wildman–Crippen LogP) is 4.86. The maximum absolute atomic E-state index is 12.4. The Morgan fingerprint density at radius 2 is 2.06 bits per heavy atom. The van der Waals surface area contributed by atoms with Gasteiger partial charge in [-0.3, -0.25) is 14.4 Å². The van der Waals surface area contributed by atoms with Crippen molar-refractivity contribution in [3.05, 3.63) is 70.7 Å². The molecular weight excluding hydrogens is 469 g/mol. The second-order valence-corrected chi connectivity index (χ2v) is 9.26. The first kappa shape index (κ1) is 22.5. The van der Waals surface area contributed by atoms with Crippen LogP contribution in [0.5, 0.6) is 5.75 Å². The van der Waals surface area contributed by atoms with E-state index in [1.807, 2.05) is 24.3 Å². The predicted molar refractivity (Wildman–Crippen MR) is 130 cm³/mol. The van der Waals surface area contributed by atoms with Crippen molar-refractivity contribution >= 4 is 51.7 Å². The summed E-state index contributed by atoms with van der Waals surface area (Å²) in [7, 11) is 0. The van der Waals surface area contributed by atoms with Crippen LogP contribution < -0.4 is 15.8 Å². The third-order valence-electron chi connectivity index (χ3n) is 5.12. The fourth-order valence-corrected chi connectivity index (χ4v) is 4.66. The molecule has 2 aromatic carbocycles. The average molecular weight is 490 g/mol. The Labute approximate surface area is 200 Å². The van der Waals surface area contributed by atoms with Crippen LogP contribution in [0.3, 0.4) is 0 Å². The lowest BCUT2D eigenvalue weighted by Crippen LogP contribution is -2.28. The number of amidine groups is 1. The summed E-state index contributed by atoms with van der Waals surface area (Å²) in [6.07, 6.45) is 2.42. The molecule has 1 unspecified atom stereocenters. The summed E-state index contributed by atoms with van der Waals surface area (Å²) >= 11 is 13.6. The van der Waals surface area contributed by atoms with Crippen molar-refractivity contribution in [1.82, 2.24) is 9.55 Å². The van der Waals surface area contributed by atoms with E-state index >= 15 is 0 Å². The van der Waals surface area contributed by atoms with Gasteiger partial charge in [0.1, 0.15) is 12.1 Å². The Morgan fingerprint density at radius 1 is 1.28 bits per heavy atom. The number of aliphatic imine (C=N–C) groups is 1. The average Bonchev–Trinajstić information content (AvgIpc) is 3.11. The Kier molecular flexibility index (Phi) is 6.64. The number of imidazole rings is 1. The van der Waals surface area contributed by atoms with Gasteiger partial charge in [0, 0.05) is 17.1 Å². The molecule has 0 radical (unpaired) electrons. The smallest absolute Gasteiger partial charge is 0.262 e. The monoisotopic (exact) mass is 489 g/mol. The molecule has 3 aromatic rings. The summed E-state index contributed by atoms with van der Waals surface area (Å²) in [4.78, 5) is 20.9. The molecule has 0 saturated carbocycles. The summed E-state index contributed by atoms with van der Waals surface area (Å²) in [5.74, 6) is 1.25. The van der Waals surface area contributed by atoms with Crippen LogP contribution >= 0.6 is 35.0 Å². The normalized spacial score (nSPS) is 18.2. The van der Waals surface area contributed by atoms with E-state index in [9.17, 15) is 4.79 Å². The number of carbonyl (C=O) groups is 1. The number of halogens is 2. The summed E-state index contributed by atoms with van der Waals surface area (Å²) < 4.78 is 7.36. The minimum Gasteiger partial charge on any atom is -0.484 e. The minimum atomic E-state index is -0.388. The van der Waals surface area contributed by atoms with E-state index < -0.39 is 0 Å². The number of aromatic nitrogens is 2. The SMILES string of the molecule is CC1(c2cccc(OCC(=O)Nc3ccc(-n4cnc(Cl)c4Cl)cc3)c2)CCSC(N)=N1. The van der Waals surface area contributed by atoms with Gasteiger partial charge in [-0.25, -0.2) is 4.98 Å². The van der Waals surface area contributed by atoms with Gasteiger partial charge in [0.15, 0.2) is 22.1 Å². The van der Waals surface area contributed by atoms with Crippen molar-refractivity contribution in [2.45, 2.75) is 18.9 Å². The quantitative estimate of drug-likeness (QED) is 0.515. The second kappa shape index (κ2) is 9.44. The number of hydrogen-bond acceptors (Lipinski definition) is 6. The number of anilines is 1. The lowest BCUT2D eigenvalue weighted by molar-refractivity contribution is -0.118. The van der Waals surface area contributed by atoms with Gasteiger partial charge in [0.25, 0.3) is 5.91 Å². The van der Waals surface area contributed by atoms with Crippen LogP contribution in [0.1, 0.15) is 18.9 Å². The van der Waals surface area contributed by atoms with Crippen LogP contribution in [0.2, 0.25) is 10.3 Å². The lowest BCUT2D eigenvalue weighted by atomic mass is 9.90. The second-order valence-electron chi connectivity index (χ2n) is 7.43. The highest BCUT2D eigenvalue weighted by molar-refractivity contribution is 8.13. The molecule has 0 saturated heterocycles. The van der Waals surface area contributed by atoms with Gasteiger partial charge < -0.3 is 15.8 Å². The molecule has 3 N–H and O–H groups in total. The first-order valence-corrected chi connectivity index (χ1v) is 11.6. The van der Waals surface area contributed by atoms with E-state index in [2.05, 4.69) is 22.2 Å². The Bertz CT molecular complexity index is 1170. The molecule has 1 amide bonds. The van der Waals surface area contributed by atoms with Crippen LogP contribution in [0.4, 0.5) is 5.69 Å². The standard InChI is InChI=1S/C22H21Cl2N5O2S/c1-22(9-10-32-21(25)28-22)14-3-2-4-17(11-14)31-12-18(30)27-15-5-7-16(8-6-15)29-13-26-19(23)20(29)24/h2-8,11,13H,9-10,12H2,1H3,(H2,25,28)(H,27,30). The number of benzene rings is 2. The number of thioether (sulfide) groups is 1. The van der Waals surface area contributed by atoms with Crippen LogP contribution in [-0.4, -0.2) is 33.0 Å². The zero-order valence-electron chi connectivity index (χ0n) is 17.2. The number of amides is 1. The van der Waals surface area contributed by atoms with E-state index in [-0.39, 0.29) is 23.2 Å². The van der Waals surface area contributed by atoms with Crippen LogP contribution in [0.15, 0.2) is 59.9 Å². The molecule has 1 aliphatic heterocycles. The first-order valence-electron chi connectivity index (χ1n) is 9.84. The number of nitrogens with one attached hydrogen (secondary N) is 1. The maximum atomic E-state index is 12.4. The van der Waals surface area contributed by atoms with Gasteiger partial charge in [-0.2, -0.15) is 0 Å². The topological polar surface area (TPSA) is 94.5 Å². The summed E-state index contributed by atoms with van der Waals surface area (Å²) in [5, 5.41) is 3.96. The van der Waals surface area contributed by atoms with Crippen molar-refractivity contribution in [1.29, 1.82) is 0 Å². The van der Waals surface area contributed by atoms with Gasteiger partial charge in [-0.05, 0) is 55.3 Å². The first-order chi connectivity index (χ1) is 15.3. The van der Waals surface area contributed by atoms with Gasteiger partial charge in [-0.1, -0.05) is 47.1 Å². The highest BCUT2D eigenvalue weighted by atomic mass is 35.5. The van der Waals surface area contributed by atoms with Crippen LogP contribution in [0.25, 0.3) is 5.69 Å². The fourth-order valence-electron chi connectivity index (χ4n) is 3.36. The van der Waals surface area contributed by atoms with E-state index in [4.69, 9.17) is 33.7 Å². The number of hydrogen-bond donors (Lipinski definition) is 2. The third-order valence-corrected chi connectivity index (χ3v) is 6.65. The number of ether oxygens (including phenoxy) is 1. The molecule has 166 valence electrons. The Morgan fingerprint density at radius 3 is 2.75 bits per heavy atom.